The molecule has 2 N–H and O–H groups in total. The van der Waals surface area contributed by atoms with Crippen LogP contribution in [0.3, 0.4) is 0 Å². The molecular weight excluding hydrogens is 282 g/mol. The summed E-state index contributed by atoms with van der Waals surface area (Å²) in [7, 11) is 0. The van der Waals surface area contributed by atoms with Gasteiger partial charge in [0.1, 0.15) is 6.54 Å². The molecule has 0 radical (unpaired) electrons. The van der Waals surface area contributed by atoms with E-state index in [1.54, 1.807) is 18.2 Å². The van der Waals surface area contributed by atoms with Crippen LogP contribution in [0, 0.1) is 4.91 Å². The minimum Gasteiger partial charge on any atom is -0.454 e. The van der Waals surface area contributed by atoms with Crippen LogP contribution >= 0.6 is 0 Å². The smallest absolute Gasteiger partial charge is 0.454 e. The van der Waals surface area contributed by atoms with Gasteiger partial charge in [0.2, 0.25) is 19.0 Å². The first-order valence-electron chi connectivity index (χ1n) is 5.87. The molecule has 1 aromatic heterocycles. The molecule has 108 valence electrons. The highest BCUT2D eigenvalue weighted by Gasteiger charge is 2.19. The molecule has 3 rings (SSSR count). The van der Waals surface area contributed by atoms with E-state index in [9.17, 15) is 9.70 Å². The van der Waals surface area contributed by atoms with Gasteiger partial charge in [0.05, 0.1) is 0 Å². The number of ether oxygens (including phenoxy) is 2. The lowest BCUT2D eigenvalue weighted by atomic mass is 10.3. The number of hydrogen-bond acceptors (Lipinski definition) is 6. The summed E-state index contributed by atoms with van der Waals surface area (Å²) in [5.74, 6) is 0.358. The Kier molecular flexibility index (Phi) is 3.10. The summed E-state index contributed by atoms with van der Waals surface area (Å²) in [5, 5.41) is 14.9. The number of hydrogen-bond donors (Lipinski definition) is 2. The number of fused-ring (bicyclic) bond motifs is 1. The first-order valence-corrected chi connectivity index (χ1v) is 5.87. The van der Waals surface area contributed by atoms with Crippen molar-refractivity contribution in [2.24, 2.45) is 0 Å². The van der Waals surface area contributed by atoms with Crippen LogP contribution < -0.4 is 14.8 Å². The highest BCUT2D eigenvalue weighted by molar-refractivity contribution is 5.90. The fourth-order valence-corrected chi connectivity index (χ4v) is 1.77. The zero-order valence-electron chi connectivity index (χ0n) is 10.6. The third-order valence-electron chi connectivity index (χ3n) is 2.66. The molecule has 0 fully saturated rings. The van der Waals surface area contributed by atoms with E-state index in [0.717, 1.165) is 11.0 Å². The molecule has 0 atom stereocenters. The molecule has 0 saturated heterocycles. The summed E-state index contributed by atoms with van der Waals surface area (Å²) in [4.78, 5) is 25.4. The summed E-state index contributed by atoms with van der Waals surface area (Å²) in [5.41, 5.74) is 0.539. The van der Waals surface area contributed by atoms with Crippen molar-refractivity contribution in [2.75, 3.05) is 12.1 Å². The molecule has 1 aliphatic heterocycles. The fourth-order valence-electron chi connectivity index (χ4n) is 1.77. The van der Waals surface area contributed by atoms with Crippen LogP contribution in [-0.4, -0.2) is 37.6 Å². The molecule has 0 bridgehead atoms. The van der Waals surface area contributed by atoms with Crippen LogP contribution in [0.15, 0.2) is 24.5 Å². The number of benzene rings is 1. The van der Waals surface area contributed by atoms with Crippen molar-refractivity contribution in [2.45, 2.75) is 6.54 Å². The first-order chi connectivity index (χ1) is 10.1. The second-order valence-electron chi connectivity index (χ2n) is 4.13. The molecule has 0 aliphatic carbocycles. The highest BCUT2D eigenvalue weighted by Crippen LogP contribution is 2.34. The summed E-state index contributed by atoms with van der Waals surface area (Å²) in [6, 6.07) is 5.00. The van der Waals surface area contributed by atoms with Crippen LogP contribution in [-0.2, 0) is 11.3 Å². The van der Waals surface area contributed by atoms with E-state index in [-0.39, 0.29) is 19.2 Å². The Morgan fingerprint density at radius 2 is 2.24 bits per heavy atom. The van der Waals surface area contributed by atoms with E-state index in [2.05, 4.69) is 15.4 Å². The second-order valence-corrected chi connectivity index (χ2v) is 4.13. The monoisotopic (exact) mass is 292 g/mol. The van der Waals surface area contributed by atoms with Crippen molar-refractivity contribution < 1.29 is 24.4 Å². The van der Waals surface area contributed by atoms with Crippen LogP contribution in [0.25, 0.3) is 0 Å². The van der Waals surface area contributed by atoms with Crippen LogP contribution in [0.2, 0.25) is 0 Å². The molecule has 0 unspecified atom stereocenters. The lowest BCUT2D eigenvalue weighted by molar-refractivity contribution is -0.734. The number of carbonyl (C=O) groups is 1. The maximum absolute atomic E-state index is 11.8. The van der Waals surface area contributed by atoms with Gasteiger partial charge in [-0.25, -0.2) is 0 Å². The standard InChI is InChI=1S/C11H9N5O5/c17-10(4-15-5-12-11(14-15)16(18)19)13-7-1-2-8-9(3-7)21-6-20-8/h1-3,5H,4,6H2,(H-,13,17,18,19)/p+1. The SMILES string of the molecule is O=C(Cn1cnc([N+](=O)O)n1)Nc1ccc2c(c1)OCO2. The van der Waals surface area contributed by atoms with Gasteiger partial charge in [0.15, 0.2) is 16.4 Å². The molecule has 21 heavy (non-hydrogen) atoms. The number of aromatic nitrogens is 3. The number of nitrogens with zero attached hydrogens (tertiary/aromatic N) is 4. The van der Waals surface area contributed by atoms with Gasteiger partial charge in [0.25, 0.3) is 0 Å². The number of carbonyl (C=O) groups excluding carboxylic acids is 1. The van der Waals surface area contributed by atoms with Crippen molar-refractivity contribution in [3.8, 4) is 11.5 Å². The Labute approximate surface area is 117 Å². The molecule has 2 aromatic rings. The lowest BCUT2D eigenvalue weighted by Gasteiger charge is -2.04. The third-order valence-corrected chi connectivity index (χ3v) is 2.66. The van der Waals surface area contributed by atoms with Gasteiger partial charge >= 0.3 is 5.95 Å². The first kappa shape index (κ1) is 12.8. The maximum Gasteiger partial charge on any atom is 0.531 e. The van der Waals surface area contributed by atoms with E-state index in [0.29, 0.717) is 17.2 Å². The van der Waals surface area contributed by atoms with E-state index in [1.165, 1.54) is 0 Å². The van der Waals surface area contributed by atoms with Crippen molar-refractivity contribution in [3.05, 3.63) is 29.4 Å². The average molecular weight is 292 g/mol. The molecular formula is C11H10N5O5+. The molecule has 1 aliphatic rings. The van der Waals surface area contributed by atoms with Gasteiger partial charge in [-0.2, -0.15) is 4.68 Å². The topological polar surface area (TPSA) is 119 Å². The van der Waals surface area contributed by atoms with Gasteiger partial charge in [0, 0.05) is 16.9 Å². The van der Waals surface area contributed by atoms with Crippen molar-refractivity contribution >= 4 is 17.5 Å². The second kappa shape index (κ2) is 5.07. The van der Waals surface area contributed by atoms with Crippen molar-refractivity contribution in [3.63, 3.8) is 0 Å². The van der Waals surface area contributed by atoms with Gasteiger partial charge in [-0.15, -0.1) is 0 Å². The molecule has 1 amide bonds. The Bertz CT molecular complexity index is 713. The molecule has 1 aromatic carbocycles. The fraction of sp³-hybridized carbons (Fsp3) is 0.182. The summed E-state index contributed by atoms with van der Waals surface area (Å²) < 4.78 is 11.5. The van der Waals surface area contributed by atoms with Gasteiger partial charge < -0.3 is 20.0 Å². The van der Waals surface area contributed by atoms with E-state index < -0.39 is 10.9 Å². The Morgan fingerprint density at radius 3 is 3.00 bits per heavy atom. The Morgan fingerprint density at radius 1 is 1.43 bits per heavy atom. The summed E-state index contributed by atoms with van der Waals surface area (Å²) in [6.07, 6.45) is 1.16. The van der Waals surface area contributed by atoms with Crippen molar-refractivity contribution in [1.29, 1.82) is 0 Å². The normalized spacial score (nSPS) is 12.2. The number of anilines is 1. The summed E-state index contributed by atoms with van der Waals surface area (Å²) >= 11 is 0. The van der Waals surface area contributed by atoms with E-state index in [1.807, 2.05) is 0 Å². The highest BCUT2D eigenvalue weighted by atomic mass is 16.7. The molecule has 10 heteroatoms. The zero-order valence-corrected chi connectivity index (χ0v) is 10.6. The van der Waals surface area contributed by atoms with Crippen LogP contribution in [0.5, 0.6) is 11.5 Å². The van der Waals surface area contributed by atoms with Crippen molar-refractivity contribution in [1.82, 2.24) is 14.8 Å². The zero-order chi connectivity index (χ0) is 14.8. The predicted octanol–water partition coefficient (Wildman–Crippen LogP) is 0.445. The largest absolute Gasteiger partial charge is 0.531 e. The summed E-state index contributed by atoms with van der Waals surface area (Å²) in [6.45, 7) is -0.00337. The minimum atomic E-state index is -0.480. The van der Waals surface area contributed by atoms with E-state index >= 15 is 0 Å². The molecule has 2 heterocycles. The number of rotatable bonds is 4. The van der Waals surface area contributed by atoms with E-state index in [4.69, 9.17) is 14.7 Å². The lowest BCUT2D eigenvalue weighted by Crippen LogP contribution is -2.19. The minimum absolute atomic E-state index is 0.154. The number of amides is 1. The molecule has 0 spiro atoms. The quantitative estimate of drug-likeness (QED) is 0.785. The number of nitrogens with one attached hydrogen (secondary N) is 1. The predicted molar refractivity (Wildman–Crippen MR) is 66.3 cm³/mol. The average Bonchev–Trinajstić information content (AvgIpc) is 3.06. The van der Waals surface area contributed by atoms with Gasteiger partial charge in [-0.05, 0) is 17.1 Å². The maximum atomic E-state index is 11.8. The molecule has 10 nitrogen and oxygen atoms in total. The Balaban J connectivity index is 1.64. The third kappa shape index (κ3) is 2.73. The molecule has 0 saturated carbocycles. The van der Waals surface area contributed by atoms with Gasteiger partial charge in [-0.3, -0.25) is 4.79 Å². The Hall–Kier alpha value is -3.17. The van der Waals surface area contributed by atoms with Gasteiger partial charge in [-0.1, -0.05) is 4.91 Å². The van der Waals surface area contributed by atoms with Crippen LogP contribution in [0.1, 0.15) is 0 Å². The van der Waals surface area contributed by atoms with Crippen LogP contribution in [0.4, 0.5) is 11.6 Å².